The zero-order chi connectivity index (χ0) is 15.0. The van der Waals surface area contributed by atoms with E-state index in [-0.39, 0.29) is 17.6 Å². The molecule has 0 aliphatic carbocycles. The van der Waals surface area contributed by atoms with Crippen LogP contribution in [0, 0.1) is 0 Å². The molecule has 0 fully saturated rings. The highest BCUT2D eigenvalue weighted by atomic mass is 79.9. The number of fused-ring (bicyclic) bond motifs is 1. The van der Waals surface area contributed by atoms with Crippen molar-refractivity contribution < 1.29 is 8.42 Å². The van der Waals surface area contributed by atoms with Crippen LogP contribution in [0.2, 0.25) is 0 Å². The van der Waals surface area contributed by atoms with Crippen LogP contribution in [-0.4, -0.2) is 19.5 Å². The summed E-state index contributed by atoms with van der Waals surface area (Å²) in [6.07, 6.45) is 0. The van der Waals surface area contributed by atoms with Crippen LogP contribution < -0.4 is 0 Å². The molecule has 0 spiro atoms. The third-order valence-electron chi connectivity index (χ3n) is 4.01. The molecule has 0 saturated heterocycles. The highest BCUT2D eigenvalue weighted by Gasteiger charge is 2.39. The molecule has 2 aromatic carbocycles. The zero-order valence-corrected chi connectivity index (χ0v) is 15.2. The Hall–Kier alpha value is -0.650. The maximum atomic E-state index is 12.4. The van der Waals surface area contributed by atoms with Crippen molar-refractivity contribution in [2.24, 2.45) is 0 Å². The van der Waals surface area contributed by atoms with E-state index in [9.17, 15) is 8.42 Å². The summed E-state index contributed by atoms with van der Waals surface area (Å²) in [6, 6.07) is 15.4. The second-order valence-electron chi connectivity index (χ2n) is 5.21. The molecule has 1 aliphatic heterocycles. The van der Waals surface area contributed by atoms with Crippen molar-refractivity contribution in [2.75, 3.05) is 11.1 Å². The Morgan fingerprint density at radius 2 is 1.76 bits per heavy atom. The lowest BCUT2D eigenvalue weighted by Gasteiger charge is -2.23. The fraction of sp³-hybridized carbons (Fsp3) is 0.250. The Morgan fingerprint density at radius 1 is 1.10 bits per heavy atom. The standard InChI is InChI=1S/C16H14Br2O2S/c17-9-13(11-5-1-3-7-15(11)18)14-10-21(19,20)16-8-4-2-6-12(14)16/h1-8,13-14H,9-10H2. The van der Waals surface area contributed by atoms with Gasteiger partial charge in [0, 0.05) is 21.6 Å². The second kappa shape index (κ2) is 5.86. The molecule has 21 heavy (non-hydrogen) atoms. The highest BCUT2D eigenvalue weighted by Crippen LogP contribution is 2.45. The maximum absolute atomic E-state index is 12.4. The third kappa shape index (κ3) is 2.71. The van der Waals surface area contributed by atoms with E-state index in [0.717, 1.165) is 20.9 Å². The monoisotopic (exact) mass is 428 g/mol. The average Bonchev–Trinajstić information content (AvgIpc) is 2.74. The molecular formula is C16H14Br2O2S. The van der Waals surface area contributed by atoms with E-state index in [4.69, 9.17) is 0 Å². The van der Waals surface area contributed by atoms with Gasteiger partial charge in [0.15, 0.2) is 9.84 Å². The van der Waals surface area contributed by atoms with Crippen LogP contribution in [0.3, 0.4) is 0 Å². The van der Waals surface area contributed by atoms with E-state index in [1.807, 2.05) is 30.3 Å². The Kier molecular flexibility index (Phi) is 4.26. The lowest BCUT2D eigenvalue weighted by Crippen LogP contribution is -2.15. The molecule has 110 valence electrons. The predicted molar refractivity (Wildman–Crippen MR) is 91.9 cm³/mol. The fourth-order valence-corrected chi connectivity index (χ4v) is 6.31. The molecule has 0 aromatic heterocycles. The van der Waals surface area contributed by atoms with Crippen molar-refractivity contribution in [3.05, 3.63) is 64.1 Å². The van der Waals surface area contributed by atoms with E-state index in [2.05, 4.69) is 37.9 Å². The van der Waals surface area contributed by atoms with Gasteiger partial charge >= 0.3 is 0 Å². The summed E-state index contributed by atoms with van der Waals surface area (Å²) >= 11 is 7.15. The number of hydrogen-bond acceptors (Lipinski definition) is 2. The van der Waals surface area contributed by atoms with E-state index in [0.29, 0.717) is 4.90 Å². The van der Waals surface area contributed by atoms with Gasteiger partial charge in [0.25, 0.3) is 0 Å². The normalized spacial score (nSPS) is 21.0. The van der Waals surface area contributed by atoms with Gasteiger partial charge in [0.2, 0.25) is 0 Å². The fourth-order valence-electron chi connectivity index (χ4n) is 3.00. The minimum Gasteiger partial charge on any atom is -0.224 e. The number of alkyl halides is 1. The molecule has 0 amide bonds. The van der Waals surface area contributed by atoms with Gasteiger partial charge in [-0.3, -0.25) is 0 Å². The van der Waals surface area contributed by atoms with Crippen LogP contribution in [0.5, 0.6) is 0 Å². The minimum absolute atomic E-state index is 0.00993. The summed E-state index contributed by atoms with van der Waals surface area (Å²) in [6.45, 7) is 0. The third-order valence-corrected chi connectivity index (χ3v) is 7.27. The lowest BCUT2D eigenvalue weighted by molar-refractivity contribution is 0.589. The van der Waals surface area contributed by atoms with Crippen molar-refractivity contribution in [2.45, 2.75) is 16.7 Å². The van der Waals surface area contributed by atoms with E-state index < -0.39 is 9.84 Å². The van der Waals surface area contributed by atoms with Crippen molar-refractivity contribution >= 4 is 41.7 Å². The second-order valence-corrected chi connectivity index (χ2v) is 8.71. The van der Waals surface area contributed by atoms with Crippen molar-refractivity contribution in [1.82, 2.24) is 0 Å². The first-order chi connectivity index (χ1) is 10.0. The predicted octanol–water partition coefficient (Wildman–Crippen LogP) is 4.50. The molecule has 2 atom stereocenters. The Labute approximate surface area is 141 Å². The quantitative estimate of drug-likeness (QED) is 0.673. The maximum Gasteiger partial charge on any atom is 0.179 e. The molecule has 0 N–H and O–H groups in total. The van der Waals surface area contributed by atoms with Gasteiger partial charge < -0.3 is 0 Å². The van der Waals surface area contributed by atoms with Gasteiger partial charge in [0.1, 0.15) is 0 Å². The zero-order valence-electron chi connectivity index (χ0n) is 11.2. The molecule has 0 radical (unpaired) electrons. The average molecular weight is 430 g/mol. The van der Waals surface area contributed by atoms with E-state index >= 15 is 0 Å². The van der Waals surface area contributed by atoms with Crippen LogP contribution in [0.15, 0.2) is 57.9 Å². The molecular weight excluding hydrogens is 416 g/mol. The molecule has 3 rings (SSSR count). The molecule has 2 aromatic rings. The smallest absolute Gasteiger partial charge is 0.179 e. The number of benzene rings is 2. The van der Waals surface area contributed by atoms with Crippen LogP contribution in [0.1, 0.15) is 23.0 Å². The summed E-state index contributed by atoms with van der Waals surface area (Å²) < 4.78 is 25.8. The number of halogens is 2. The van der Waals surface area contributed by atoms with E-state index in [1.54, 1.807) is 12.1 Å². The summed E-state index contributed by atoms with van der Waals surface area (Å²) in [5.74, 6) is 0.299. The summed E-state index contributed by atoms with van der Waals surface area (Å²) in [7, 11) is -3.17. The first kappa shape index (κ1) is 15.3. The SMILES string of the molecule is O=S1(=O)CC(C(CBr)c2ccccc2Br)c2ccccc21. The van der Waals surface area contributed by atoms with Crippen molar-refractivity contribution in [3.8, 4) is 0 Å². The Morgan fingerprint density at radius 3 is 2.48 bits per heavy atom. The topological polar surface area (TPSA) is 34.1 Å². The lowest BCUT2D eigenvalue weighted by atomic mass is 9.84. The van der Waals surface area contributed by atoms with Crippen LogP contribution in [-0.2, 0) is 9.84 Å². The molecule has 5 heteroatoms. The van der Waals surface area contributed by atoms with Gasteiger partial charge in [-0.15, -0.1) is 0 Å². The number of rotatable bonds is 3. The molecule has 2 nitrogen and oxygen atoms in total. The molecule has 0 bridgehead atoms. The molecule has 1 heterocycles. The van der Waals surface area contributed by atoms with Gasteiger partial charge in [-0.25, -0.2) is 8.42 Å². The number of sulfone groups is 1. The van der Waals surface area contributed by atoms with Crippen LogP contribution >= 0.6 is 31.9 Å². The summed E-state index contributed by atoms with van der Waals surface area (Å²) in [5, 5.41) is 0.726. The van der Waals surface area contributed by atoms with Gasteiger partial charge in [-0.1, -0.05) is 68.3 Å². The largest absolute Gasteiger partial charge is 0.224 e. The first-order valence-electron chi connectivity index (χ1n) is 6.66. The molecule has 1 aliphatic rings. The minimum atomic E-state index is -3.17. The van der Waals surface area contributed by atoms with Gasteiger partial charge in [-0.05, 0) is 23.3 Å². The first-order valence-corrected chi connectivity index (χ1v) is 10.2. The van der Waals surface area contributed by atoms with E-state index in [1.165, 1.54) is 0 Å². The summed E-state index contributed by atoms with van der Waals surface area (Å²) in [4.78, 5) is 0.494. The van der Waals surface area contributed by atoms with Crippen LogP contribution in [0.25, 0.3) is 0 Å². The molecule has 2 unspecified atom stereocenters. The summed E-state index contributed by atoms with van der Waals surface area (Å²) in [5.41, 5.74) is 2.09. The van der Waals surface area contributed by atoms with Crippen LogP contribution in [0.4, 0.5) is 0 Å². The Balaban J connectivity index is 2.10. The Bertz CT molecular complexity index is 771. The highest BCUT2D eigenvalue weighted by molar-refractivity contribution is 9.10. The number of hydrogen-bond donors (Lipinski definition) is 0. The van der Waals surface area contributed by atoms with Gasteiger partial charge in [-0.2, -0.15) is 0 Å². The van der Waals surface area contributed by atoms with Crippen molar-refractivity contribution in [3.63, 3.8) is 0 Å². The van der Waals surface area contributed by atoms with Gasteiger partial charge in [0.05, 0.1) is 10.6 Å². The molecule has 0 saturated carbocycles. The van der Waals surface area contributed by atoms with Crippen molar-refractivity contribution in [1.29, 1.82) is 0 Å².